The summed E-state index contributed by atoms with van der Waals surface area (Å²) in [5.74, 6) is -5.82. The lowest BCUT2D eigenvalue weighted by Gasteiger charge is -2.28. The van der Waals surface area contributed by atoms with Crippen molar-refractivity contribution in [1.29, 1.82) is 0 Å². The Bertz CT molecular complexity index is 1230. The Balaban J connectivity index is 0.000000384. The lowest BCUT2D eigenvalue weighted by Crippen LogP contribution is -2.53. The van der Waals surface area contributed by atoms with Gasteiger partial charge < -0.3 is 10.5 Å². The Morgan fingerprint density at radius 1 is 0.789 bits per heavy atom. The number of nitrogens with two attached hydrogens (primary N) is 1. The highest BCUT2D eigenvalue weighted by Gasteiger charge is 2.61. The highest BCUT2D eigenvalue weighted by atomic mass is 32.2. The minimum atomic E-state index is -5.74. The van der Waals surface area contributed by atoms with Crippen molar-refractivity contribution in [2.45, 2.75) is 36.3 Å². The number of aryl methyl sites for hydroxylation is 1. The van der Waals surface area contributed by atoms with E-state index < -0.39 is 46.5 Å². The first kappa shape index (κ1) is 30.8. The maximum atomic E-state index is 12.8. The van der Waals surface area contributed by atoms with E-state index in [9.17, 15) is 39.6 Å². The Morgan fingerprint density at radius 2 is 1.18 bits per heavy atom. The molecule has 0 aliphatic rings. The predicted molar refractivity (Wildman–Crippen MR) is 125 cm³/mol. The summed E-state index contributed by atoms with van der Waals surface area (Å²) in [5.41, 5.74) is 6.73. The minimum absolute atomic E-state index is 0.0666. The Labute approximate surface area is 214 Å². The van der Waals surface area contributed by atoms with E-state index in [1.807, 2.05) is 6.92 Å². The summed E-state index contributed by atoms with van der Waals surface area (Å²) in [6.07, 6.45) is -12.7. The van der Waals surface area contributed by atoms with Crippen molar-refractivity contribution in [1.82, 2.24) is 0 Å². The summed E-state index contributed by atoms with van der Waals surface area (Å²) in [4.78, 5) is 12.0. The number of alkyl halides is 6. The quantitative estimate of drug-likeness (QED) is 0.229. The lowest BCUT2D eigenvalue weighted by atomic mass is 9.98. The molecule has 3 rings (SSSR count). The Hall–Kier alpha value is -3.42. The molecule has 13 heteroatoms. The summed E-state index contributed by atoms with van der Waals surface area (Å²) in [6.45, 7) is 1.84. The summed E-state index contributed by atoms with van der Waals surface area (Å²) >= 11 is 0. The topological polar surface area (TPSA) is 107 Å². The monoisotopic (exact) mass is 563 g/mol. The molecule has 0 aromatic heterocycles. The summed E-state index contributed by atoms with van der Waals surface area (Å²) in [7, 11) is -4.02. The van der Waals surface area contributed by atoms with Crippen LogP contribution in [0.1, 0.15) is 22.8 Å². The fourth-order valence-corrected chi connectivity index (χ4v) is 3.70. The molecule has 0 aliphatic carbocycles. The van der Waals surface area contributed by atoms with Crippen LogP contribution in [-0.2, 0) is 19.6 Å². The van der Waals surface area contributed by atoms with E-state index in [0.717, 1.165) is 5.56 Å². The number of benzene rings is 3. The van der Waals surface area contributed by atoms with E-state index >= 15 is 0 Å². The van der Waals surface area contributed by atoms with Crippen molar-refractivity contribution in [3.05, 3.63) is 102 Å². The number of ether oxygens (including phenoxy) is 1. The molecule has 38 heavy (non-hydrogen) atoms. The maximum absolute atomic E-state index is 12.8. The van der Waals surface area contributed by atoms with Crippen molar-refractivity contribution in [2.75, 3.05) is 0 Å². The lowest BCUT2D eigenvalue weighted by molar-refractivity contribution is -0.289. The molecule has 6 nitrogen and oxygen atoms in total. The van der Waals surface area contributed by atoms with Crippen molar-refractivity contribution in [3.8, 4) is 0 Å². The fourth-order valence-electron chi connectivity index (χ4n) is 3.22. The highest BCUT2D eigenvalue weighted by Crippen LogP contribution is 2.41. The van der Waals surface area contributed by atoms with Gasteiger partial charge in [0, 0.05) is 0 Å². The number of carbonyl (C=O) groups excluding carboxylic acids is 1. The van der Waals surface area contributed by atoms with Crippen LogP contribution in [0.15, 0.2) is 89.8 Å². The van der Waals surface area contributed by atoms with Gasteiger partial charge in [-0.2, -0.15) is 34.8 Å². The van der Waals surface area contributed by atoms with Crippen molar-refractivity contribution >= 4 is 16.1 Å². The first-order valence-electron chi connectivity index (χ1n) is 10.8. The van der Waals surface area contributed by atoms with E-state index in [0.29, 0.717) is 11.1 Å². The molecular formula is C25H23F6NO5S. The second kappa shape index (κ2) is 12.4. The summed E-state index contributed by atoms with van der Waals surface area (Å²) < 4.78 is 111. The van der Waals surface area contributed by atoms with Gasteiger partial charge in [0.2, 0.25) is 0 Å². The molecule has 0 spiro atoms. The molecule has 0 saturated heterocycles. The molecule has 206 valence electrons. The number of esters is 1. The molecular weight excluding hydrogens is 540 g/mol. The molecule has 0 radical (unpaired) electrons. The molecule has 1 unspecified atom stereocenters. The molecule has 3 aromatic carbocycles. The van der Waals surface area contributed by atoms with Crippen LogP contribution in [0.25, 0.3) is 0 Å². The molecule has 0 saturated carbocycles. The van der Waals surface area contributed by atoms with Gasteiger partial charge >= 0.3 is 18.3 Å². The third-order valence-corrected chi connectivity index (χ3v) is 5.96. The van der Waals surface area contributed by atoms with Crippen LogP contribution < -0.4 is 5.73 Å². The average Bonchev–Trinajstić information content (AvgIpc) is 2.82. The van der Waals surface area contributed by atoms with Gasteiger partial charge in [-0.05, 0) is 30.2 Å². The normalized spacial score (nSPS) is 13.0. The summed E-state index contributed by atoms with van der Waals surface area (Å²) in [5, 5.41) is 0. The van der Waals surface area contributed by atoms with E-state index in [1.54, 1.807) is 48.5 Å². The van der Waals surface area contributed by atoms with Crippen LogP contribution >= 0.6 is 0 Å². The molecule has 0 fully saturated rings. The van der Waals surface area contributed by atoms with Crippen LogP contribution in [0.5, 0.6) is 0 Å². The maximum Gasteiger partial charge on any atom is 0.402 e. The average molecular weight is 564 g/mol. The van der Waals surface area contributed by atoms with Gasteiger partial charge in [0.1, 0.15) is 6.04 Å². The van der Waals surface area contributed by atoms with Crippen LogP contribution in [0.4, 0.5) is 26.3 Å². The van der Waals surface area contributed by atoms with Gasteiger partial charge in [0.25, 0.3) is 10.1 Å². The molecule has 3 aromatic rings. The zero-order chi connectivity index (χ0) is 28.7. The van der Waals surface area contributed by atoms with Crippen LogP contribution in [0.3, 0.4) is 0 Å². The van der Waals surface area contributed by atoms with Gasteiger partial charge in [-0.3, -0.25) is 9.35 Å². The van der Waals surface area contributed by atoms with Crippen molar-refractivity contribution in [2.24, 2.45) is 11.7 Å². The predicted octanol–water partition coefficient (Wildman–Crippen LogP) is 5.63. The Kier molecular flexibility index (Phi) is 10.1. The molecule has 0 aliphatic heterocycles. The van der Waals surface area contributed by atoms with E-state index in [1.165, 1.54) is 36.4 Å². The van der Waals surface area contributed by atoms with Crippen LogP contribution in [0, 0.1) is 12.8 Å². The van der Waals surface area contributed by atoms with Crippen molar-refractivity contribution in [3.63, 3.8) is 0 Å². The molecule has 0 amide bonds. The zero-order valence-corrected chi connectivity index (χ0v) is 20.5. The number of hydrogen-bond donors (Lipinski definition) is 2. The molecule has 3 N–H and O–H groups in total. The minimum Gasteiger partial charge on any atom is -0.451 e. The number of rotatable bonds is 6. The SMILES string of the molecule is Cc1ccc(S(=O)(=O)O)cc1.NC(C(=O)OC(c1ccccc1)c1ccccc1)C(C(F)(F)F)C(F)(F)F. The molecule has 0 bridgehead atoms. The molecule has 0 heterocycles. The highest BCUT2D eigenvalue weighted by molar-refractivity contribution is 7.85. The van der Waals surface area contributed by atoms with Crippen molar-refractivity contribution < 1.29 is 48.8 Å². The second-order valence-electron chi connectivity index (χ2n) is 8.01. The van der Waals surface area contributed by atoms with Gasteiger partial charge in [-0.25, -0.2) is 0 Å². The number of halogens is 6. The first-order valence-corrected chi connectivity index (χ1v) is 12.2. The second-order valence-corrected chi connectivity index (χ2v) is 9.43. The first-order chi connectivity index (χ1) is 17.5. The van der Waals surface area contributed by atoms with Gasteiger partial charge in [-0.1, -0.05) is 78.4 Å². The zero-order valence-electron chi connectivity index (χ0n) is 19.6. The van der Waals surface area contributed by atoms with E-state index in [-0.39, 0.29) is 4.90 Å². The number of hydrogen-bond acceptors (Lipinski definition) is 5. The standard InChI is InChI=1S/C18H15F6NO2.C7H8O3S/c19-17(20,21)15(18(22,23)24)13(25)16(26)27-14(11-7-3-1-4-8-11)12-9-5-2-6-10-12;1-6-2-4-7(5-3-6)11(8,9)10/h1-10,13-15H,25H2;2-5H,1H3,(H,8,9,10). The third kappa shape index (κ3) is 8.85. The van der Waals surface area contributed by atoms with Gasteiger partial charge in [-0.15, -0.1) is 0 Å². The van der Waals surface area contributed by atoms with Crippen LogP contribution in [0.2, 0.25) is 0 Å². The van der Waals surface area contributed by atoms with E-state index in [4.69, 9.17) is 15.0 Å². The Morgan fingerprint density at radius 3 is 1.53 bits per heavy atom. The largest absolute Gasteiger partial charge is 0.451 e. The van der Waals surface area contributed by atoms with Gasteiger partial charge in [0.05, 0.1) is 4.90 Å². The summed E-state index contributed by atoms with van der Waals surface area (Å²) in [6, 6.07) is 18.8. The number of carbonyl (C=O) groups is 1. The van der Waals surface area contributed by atoms with E-state index in [2.05, 4.69) is 0 Å². The third-order valence-electron chi connectivity index (χ3n) is 5.09. The van der Waals surface area contributed by atoms with Gasteiger partial charge in [0.15, 0.2) is 12.0 Å². The molecule has 1 atom stereocenters. The smallest absolute Gasteiger partial charge is 0.402 e. The fraction of sp³-hybridized carbons (Fsp3) is 0.240. The van der Waals surface area contributed by atoms with Crippen LogP contribution in [-0.4, -0.2) is 37.3 Å².